The van der Waals surface area contributed by atoms with Crippen molar-refractivity contribution in [2.24, 2.45) is 0 Å². The first-order valence-corrected chi connectivity index (χ1v) is 11.1. The third kappa shape index (κ3) is 5.31. The number of anilines is 1. The number of rotatable bonds is 7. The second kappa shape index (κ2) is 10.1. The van der Waals surface area contributed by atoms with Crippen LogP contribution >= 0.6 is 34.4 Å². The zero-order valence-corrected chi connectivity index (χ0v) is 19.7. The summed E-state index contributed by atoms with van der Waals surface area (Å²) in [7, 11) is 1.48. The Labute approximate surface area is 196 Å². The van der Waals surface area contributed by atoms with Gasteiger partial charge in [-0.1, -0.05) is 12.1 Å². The van der Waals surface area contributed by atoms with Gasteiger partial charge in [0.05, 0.1) is 27.9 Å². The molecule has 0 saturated carbocycles. The van der Waals surface area contributed by atoms with Crippen molar-refractivity contribution in [1.29, 1.82) is 0 Å². The lowest BCUT2D eigenvalue weighted by Gasteiger charge is -2.14. The first-order valence-electron chi connectivity index (χ1n) is 9.17. The Hall–Kier alpha value is -2.73. The summed E-state index contributed by atoms with van der Waals surface area (Å²) in [5.41, 5.74) is 1.04. The molecule has 2 aromatic rings. The van der Waals surface area contributed by atoms with Gasteiger partial charge in [-0.3, -0.25) is 19.3 Å². The molecule has 8 nitrogen and oxygen atoms in total. The lowest BCUT2D eigenvalue weighted by Crippen LogP contribution is -2.36. The topological polar surface area (TPSA) is 105 Å². The number of amides is 3. The molecule has 0 aromatic heterocycles. The first-order chi connectivity index (χ1) is 14.8. The summed E-state index contributed by atoms with van der Waals surface area (Å²) in [5.74, 6) is -0.314. The maximum atomic E-state index is 12.7. The van der Waals surface area contributed by atoms with Crippen LogP contribution < -0.4 is 14.8 Å². The van der Waals surface area contributed by atoms with E-state index in [9.17, 15) is 19.5 Å². The third-order valence-electron chi connectivity index (χ3n) is 4.20. The highest BCUT2D eigenvalue weighted by molar-refractivity contribution is 14.1. The summed E-state index contributed by atoms with van der Waals surface area (Å²) >= 11 is 2.71. The average molecular weight is 554 g/mol. The predicted molar refractivity (Wildman–Crippen MR) is 126 cm³/mol. The molecule has 1 heterocycles. The number of hydrogen-bond acceptors (Lipinski definition) is 7. The van der Waals surface area contributed by atoms with E-state index in [1.54, 1.807) is 43.3 Å². The van der Waals surface area contributed by atoms with Crippen LogP contribution in [0.1, 0.15) is 12.5 Å². The molecule has 3 amide bonds. The molecule has 0 radical (unpaired) electrons. The number of aromatic hydroxyl groups is 1. The van der Waals surface area contributed by atoms with E-state index in [-0.39, 0.29) is 16.4 Å². The standard InChI is InChI=1S/C21H19IN2O6S/c1-3-30-16-9-12(8-13(22)19(16)26)10-17-20(27)24(21(28)31-17)11-18(25)23-14-6-4-5-7-15(14)29-2/h4-10,26H,3,11H2,1-2H3,(H,23,25)/b17-10+. The average Bonchev–Trinajstić information content (AvgIpc) is 2.99. The van der Waals surface area contributed by atoms with Crippen molar-refractivity contribution in [1.82, 2.24) is 4.90 Å². The van der Waals surface area contributed by atoms with E-state index in [2.05, 4.69) is 5.32 Å². The fourth-order valence-electron chi connectivity index (χ4n) is 2.81. The number of thioether (sulfide) groups is 1. The van der Waals surface area contributed by atoms with Gasteiger partial charge < -0.3 is 19.9 Å². The number of para-hydroxylation sites is 2. The van der Waals surface area contributed by atoms with E-state index in [0.717, 1.165) is 16.7 Å². The molecule has 10 heteroatoms. The van der Waals surface area contributed by atoms with Crippen LogP contribution in [0, 0.1) is 3.57 Å². The number of benzene rings is 2. The van der Waals surface area contributed by atoms with E-state index in [1.807, 2.05) is 22.6 Å². The quantitative estimate of drug-likeness (QED) is 0.393. The molecule has 1 saturated heterocycles. The minimum Gasteiger partial charge on any atom is -0.504 e. The SMILES string of the molecule is CCOc1cc(/C=C2/SC(=O)N(CC(=O)Nc3ccccc3OC)C2=O)cc(I)c1O. The van der Waals surface area contributed by atoms with Crippen molar-refractivity contribution in [2.75, 3.05) is 25.6 Å². The molecular formula is C21H19IN2O6S. The van der Waals surface area contributed by atoms with Gasteiger partial charge in [0.15, 0.2) is 11.5 Å². The number of ether oxygens (including phenoxy) is 2. The maximum Gasteiger partial charge on any atom is 0.294 e. The number of halogens is 1. The molecule has 0 atom stereocenters. The molecule has 0 bridgehead atoms. The summed E-state index contributed by atoms with van der Waals surface area (Å²) in [4.78, 5) is 38.5. The van der Waals surface area contributed by atoms with Crippen molar-refractivity contribution in [3.63, 3.8) is 0 Å². The molecule has 3 rings (SSSR count). The van der Waals surface area contributed by atoms with Crippen LogP contribution in [0.15, 0.2) is 41.3 Å². The number of phenolic OH excluding ortho intramolecular Hbond substituents is 1. The van der Waals surface area contributed by atoms with E-state index in [0.29, 0.717) is 27.2 Å². The summed E-state index contributed by atoms with van der Waals surface area (Å²) in [6.07, 6.45) is 1.53. The Kier molecular flexibility index (Phi) is 7.44. The van der Waals surface area contributed by atoms with E-state index in [1.165, 1.54) is 13.2 Å². The predicted octanol–water partition coefficient (Wildman–Crippen LogP) is 4.08. The van der Waals surface area contributed by atoms with Crippen LogP contribution in [-0.2, 0) is 9.59 Å². The lowest BCUT2D eigenvalue weighted by molar-refractivity contribution is -0.127. The van der Waals surface area contributed by atoms with Crippen molar-refractivity contribution < 1.29 is 29.0 Å². The lowest BCUT2D eigenvalue weighted by atomic mass is 10.2. The van der Waals surface area contributed by atoms with Crippen LogP contribution in [0.3, 0.4) is 0 Å². The molecule has 1 aliphatic heterocycles. The molecule has 0 unspecified atom stereocenters. The van der Waals surface area contributed by atoms with Gasteiger partial charge in [-0.25, -0.2) is 0 Å². The highest BCUT2D eigenvalue weighted by Crippen LogP contribution is 2.36. The molecule has 2 aromatic carbocycles. The number of phenols is 1. The van der Waals surface area contributed by atoms with E-state index >= 15 is 0 Å². The first kappa shape index (κ1) is 22.9. The normalized spacial score (nSPS) is 14.8. The van der Waals surface area contributed by atoms with Crippen molar-refractivity contribution in [3.8, 4) is 17.2 Å². The maximum absolute atomic E-state index is 12.7. The number of hydrogen-bond donors (Lipinski definition) is 2. The summed E-state index contributed by atoms with van der Waals surface area (Å²) in [6, 6.07) is 10.1. The highest BCUT2D eigenvalue weighted by Gasteiger charge is 2.36. The largest absolute Gasteiger partial charge is 0.504 e. The Morgan fingerprint density at radius 1 is 1.26 bits per heavy atom. The number of carbonyl (C=O) groups excluding carboxylic acids is 3. The molecule has 1 aliphatic rings. The second-order valence-electron chi connectivity index (χ2n) is 6.30. The van der Waals surface area contributed by atoms with Crippen LogP contribution in [0.25, 0.3) is 6.08 Å². The molecule has 162 valence electrons. The van der Waals surface area contributed by atoms with Gasteiger partial charge in [-0.2, -0.15) is 0 Å². The fraction of sp³-hybridized carbons (Fsp3) is 0.190. The molecule has 0 spiro atoms. The van der Waals surface area contributed by atoms with Crippen LogP contribution in [0.4, 0.5) is 10.5 Å². The number of nitrogens with zero attached hydrogens (tertiary/aromatic N) is 1. The van der Waals surface area contributed by atoms with Crippen LogP contribution in [-0.4, -0.2) is 47.3 Å². The second-order valence-corrected chi connectivity index (χ2v) is 8.45. The minimum absolute atomic E-state index is 0.0146. The Bertz CT molecular complexity index is 1070. The summed E-state index contributed by atoms with van der Waals surface area (Å²) < 4.78 is 11.1. The molecule has 31 heavy (non-hydrogen) atoms. The van der Waals surface area contributed by atoms with Gasteiger partial charge in [0.25, 0.3) is 11.1 Å². The summed E-state index contributed by atoms with van der Waals surface area (Å²) in [5, 5.41) is 12.2. The van der Waals surface area contributed by atoms with Crippen LogP contribution in [0.5, 0.6) is 17.2 Å². The monoisotopic (exact) mass is 554 g/mol. The summed E-state index contributed by atoms with van der Waals surface area (Å²) in [6.45, 7) is 1.74. The van der Waals surface area contributed by atoms with Gasteiger partial charge in [0.2, 0.25) is 5.91 Å². The van der Waals surface area contributed by atoms with Gasteiger partial charge in [-0.05, 0) is 77.2 Å². The number of nitrogens with one attached hydrogen (secondary N) is 1. The van der Waals surface area contributed by atoms with Crippen molar-refractivity contribution in [3.05, 3.63) is 50.4 Å². The van der Waals surface area contributed by atoms with Crippen molar-refractivity contribution in [2.45, 2.75) is 6.92 Å². The highest BCUT2D eigenvalue weighted by atomic mass is 127. The Morgan fingerprint density at radius 3 is 2.71 bits per heavy atom. The van der Waals surface area contributed by atoms with Gasteiger partial charge >= 0.3 is 0 Å². The minimum atomic E-state index is -0.564. The Balaban J connectivity index is 1.76. The number of carbonyl (C=O) groups is 3. The smallest absolute Gasteiger partial charge is 0.294 e. The molecular weight excluding hydrogens is 535 g/mol. The Morgan fingerprint density at radius 2 is 2.00 bits per heavy atom. The zero-order chi connectivity index (χ0) is 22.5. The molecule has 1 fully saturated rings. The van der Waals surface area contributed by atoms with Crippen LogP contribution in [0.2, 0.25) is 0 Å². The van der Waals surface area contributed by atoms with E-state index in [4.69, 9.17) is 9.47 Å². The molecule has 2 N–H and O–H groups in total. The molecule has 0 aliphatic carbocycles. The fourth-order valence-corrected chi connectivity index (χ4v) is 4.28. The number of methoxy groups -OCH3 is 1. The zero-order valence-electron chi connectivity index (χ0n) is 16.7. The number of imide groups is 1. The third-order valence-corrected chi connectivity index (χ3v) is 5.93. The van der Waals surface area contributed by atoms with Gasteiger partial charge in [0.1, 0.15) is 12.3 Å². The van der Waals surface area contributed by atoms with Crippen molar-refractivity contribution >= 4 is 63.2 Å². The van der Waals surface area contributed by atoms with Gasteiger partial charge in [-0.15, -0.1) is 0 Å². The van der Waals surface area contributed by atoms with E-state index < -0.39 is 23.6 Å². The van der Waals surface area contributed by atoms with Gasteiger partial charge in [0, 0.05) is 0 Å².